The van der Waals surface area contributed by atoms with Crippen molar-refractivity contribution in [2.24, 2.45) is 0 Å². The first-order valence-electron chi connectivity index (χ1n) is 7.15. The van der Waals surface area contributed by atoms with E-state index in [9.17, 15) is 4.79 Å². The molecule has 19 heavy (non-hydrogen) atoms. The number of fused-ring (bicyclic) bond motifs is 2. The van der Waals surface area contributed by atoms with Gasteiger partial charge in [-0.2, -0.15) is 0 Å². The summed E-state index contributed by atoms with van der Waals surface area (Å²) in [6.45, 7) is 2.01. The van der Waals surface area contributed by atoms with Crippen LogP contribution in [0.3, 0.4) is 0 Å². The van der Waals surface area contributed by atoms with Crippen molar-refractivity contribution in [3.63, 3.8) is 0 Å². The molecule has 2 unspecified atom stereocenters. The third kappa shape index (κ3) is 2.37. The standard InChI is InChI=1S/C17H21NO/c1-12-5-3-4-6-16(12)17(19)11-13-9-14-7-8-15(10-13)18(14)2/h3-6,9,14-15H,7-8,10-11H2,1-2H3. The fourth-order valence-electron chi connectivity index (χ4n) is 3.45. The van der Waals surface area contributed by atoms with E-state index in [1.807, 2.05) is 31.2 Å². The van der Waals surface area contributed by atoms with Gasteiger partial charge >= 0.3 is 0 Å². The van der Waals surface area contributed by atoms with Crippen LogP contribution in [0.2, 0.25) is 0 Å². The SMILES string of the molecule is Cc1ccccc1C(=O)CC1=CC2CCC(C1)N2C. The van der Waals surface area contributed by atoms with Crippen LogP contribution in [-0.4, -0.2) is 29.8 Å². The van der Waals surface area contributed by atoms with Crippen LogP contribution in [0.15, 0.2) is 35.9 Å². The molecule has 2 heteroatoms. The smallest absolute Gasteiger partial charge is 0.167 e. The Labute approximate surface area is 115 Å². The molecule has 1 saturated heterocycles. The molecule has 2 aliphatic heterocycles. The van der Waals surface area contributed by atoms with E-state index in [1.165, 1.54) is 18.4 Å². The topological polar surface area (TPSA) is 20.3 Å². The zero-order chi connectivity index (χ0) is 13.4. The monoisotopic (exact) mass is 255 g/mol. The number of Topliss-reactive ketones (excluding diaryl/α,β-unsaturated/α-hetero) is 1. The number of ketones is 1. The highest BCUT2D eigenvalue weighted by atomic mass is 16.1. The van der Waals surface area contributed by atoms with E-state index >= 15 is 0 Å². The quantitative estimate of drug-likeness (QED) is 0.609. The van der Waals surface area contributed by atoms with Gasteiger partial charge in [-0.05, 0) is 38.8 Å². The summed E-state index contributed by atoms with van der Waals surface area (Å²) in [6.07, 6.45) is 6.54. The molecule has 1 fully saturated rings. The van der Waals surface area contributed by atoms with Gasteiger partial charge in [0.05, 0.1) is 0 Å². The molecule has 2 atom stereocenters. The molecule has 0 N–H and O–H groups in total. The minimum atomic E-state index is 0.272. The van der Waals surface area contributed by atoms with E-state index < -0.39 is 0 Å². The second-order valence-electron chi connectivity index (χ2n) is 5.91. The van der Waals surface area contributed by atoms with Gasteiger partial charge in [-0.3, -0.25) is 9.69 Å². The van der Waals surface area contributed by atoms with Crippen molar-refractivity contribution in [3.05, 3.63) is 47.0 Å². The van der Waals surface area contributed by atoms with Crippen LogP contribution < -0.4 is 0 Å². The van der Waals surface area contributed by atoms with Gasteiger partial charge in [0.15, 0.2) is 5.78 Å². The van der Waals surface area contributed by atoms with Crippen molar-refractivity contribution in [2.75, 3.05) is 7.05 Å². The molecule has 2 aliphatic rings. The first-order chi connectivity index (χ1) is 9.15. The van der Waals surface area contributed by atoms with E-state index in [1.54, 1.807) is 0 Å². The van der Waals surface area contributed by atoms with Gasteiger partial charge in [-0.1, -0.05) is 35.9 Å². The maximum Gasteiger partial charge on any atom is 0.167 e. The Hall–Kier alpha value is -1.41. The molecule has 0 radical (unpaired) electrons. The van der Waals surface area contributed by atoms with Crippen molar-refractivity contribution in [3.8, 4) is 0 Å². The average Bonchev–Trinajstić information content (AvgIpc) is 2.63. The largest absolute Gasteiger partial charge is 0.297 e. The number of aryl methyl sites for hydroxylation is 1. The van der Waals surface area contributed by atoms with E-state index in [0.29, 0.717) is 18.5 Å². The van der Waals surface area contributed by atoms with Crippen LogP contribution >= 0.6 is 0 Å². The lowest BCUT2D eigenvalue weighted by Gasteiger charge is -2.30. The van der Waals surface area contributed by atoms with Crippen LogP contribution in [0.25, 0.3) is 0 Å². The molecule has 0 aliphatic carbocycles. The van der Waals surface area contributed by atoms with Gasteiger partial charge in [-0.25, -0.2) is 0 Å². The van der Waals surface area contributed by atoms with Crippen LogP contribution in [-0.2, 0) is 0 Å². The van der Waals surface area contributed by atoms with Crippen molar-refractivity contribution in [1.82, 2.24) is 4.90 Å². The Morgan fingerprint density at radius 1 is 1.32 bits per heavy atom. The minimum Gasteiger partial charge on any atom is -0.297 e. The lowest BCUT2D eigenvalue weighted by atomic mass is 9.93. The highest BCUT2D eigenvalue weighted by molar-refractivity contribution is 5.98. The molecule has 0 spiro atoms. The molecular formula is C17H21NO. The maximum absolute atomic E-state index is 12.4. The van der Waals surface area contributed by atoms with Gasteiger partial charge in [0, 0.05) is 24.1 Å². The molecule has 2 heterocycles. The lowest BCUT2D eigenvalue weighted by Crippen LogP contribution is -2.35. The van der Waals surface area contributed by atoms with E-state index in [4.69, 9.17) is 0 Å². The van der Waals surface area contributed by atoms with Gasteiger partial charge in [0.1, 0.15) is 0 Å². The number of hydrogen-bond acceptors (Lipinski definition) is 2. The summed E-state index contributed by atoms with van der Waals surface area (Å²) in [4.78, 5) is 14.9. The molecule has 100 valence electrons. The minimum absolute atomic E-state index is 0.272. The van der Waals surface area contributed by atoms with Gasteiger partial charge in [0.2, 0.25) is 0 Å². The Kier molecular flexibility index (Phi) is 3.28. The number of likely N-dealkylation sites (N-methyl/N-ethyl adjacent to an activating group) is 1. The van der Waals surface area contributed by atoms with Crippen molar-refractivity contribution in [2.45, 2.75) is 44.7 Å². The molecule has 1 aromatic rings. The zero-order valence-corrected chi connectivity index (χ0v) is 11.7. The molecule has 0 amide bonds. The molecule has 0 aromatic heterocycles. The lowest BCUT2D eigenvalue weighted by molar-refractivity contribution is 0.0988. The summed E-state index contributed by atoms with van der Waals surface area (Å²) in [6, 6.07) is 9.13. The van der Waals surface area contributed by atoms with E-state index in [-0.39, 0.29) is 5.78 Å². The highest BCUT2D eigenvalue weighted by Crippen LogP contribution is 2.34. The second-order valence-corrected chi connectivity index (χ2v) is 5.91. The summed E-state index contributed by atoms with van der Waals surface area (Å²) in [5.74, 6) is 0.272. The normalized spacial score (nSPS) is 26.3. The summed E-state index contributed by atoms with van der Waals surface area (Å²) < 4.78 is 0. The summed E-state index contributed by atoms with van der Waals surface area (Å²) in [7, 11) is 2.21. The third-order valence-corrected chi connectivity index (χ3v) is 4.65. The molecule has 1 aromatic carbocycles. The molecule has 2 nitrogen and oxygen atoms in total. The average molecular weight is 255 g/mol. The Balaban J connectivity index is 1.75. The van der Waals surface area contributed by atoms with Gasteiger partial charge < -0.3 is 0 Å². The number of nitrogens with zero attached hydrogens (tertiary/aromatic N) is 1. The van der Waals surface area contributed by atoms with E-state index in [2.05, 4.69) is 18.0 Å². The number of hydrogen-bond donors (Lipinski definition) is 0. The maximum atomic E-state index is 12.4. The second kappa shape index (κ2) is 4.93. The first kappa shape index (κ1) is 12.6. The molecule has 2 bridgehead atoms. The molecule has 3 rings (SSSR count). The van der Waals surface area contributed by atoms with Gasteiger partial charge in [0.25, 0.3) is 0 Å². The van der Waals surface area contributed by atoms with Gasteiger partial charge in [-0.15, -0.1) is 0 Å². The molecule has 0 saturated carbocycles. The van der Waals surface area contributed by atoms with Crippen molar-refractivity contribution < 1.29 is 4.79 Å². The van der Waals surface area contributed by atoms with Crippen LogP contribution in [0, 0.1) is 6.92 Å². The van der Waals surface area contributed by atoms with Crippen molar-refractivity contribution >= 4 is 5.78 Å². The van der Waals surface area contributed by atoms with Crippen molar-refractivity contribution in [1.29, 1.82) is 0 Å². The number of carbonyl (C=O) groups is 1. The summed E-state index contributed by atoms with van der Waals surface area (Å²) >= 11 is 0. The first-order valence-corrected chi connectivity index (χ1v) is 7.15. The van der Waals surface area contributed by atoms with Crippen LogP contribution in [0.5, 0.6) is 0 Å². The summed E-state index contributed by atoms with van der Waals surface area (Å²) in [5.41, 5.74) is 3.32. The Morgan fingerprint density at radius 2 is 2.11 bits per heavy atom. The third-order valence-electron chi connectivity index (χ3n) is 4.65. The summed E-state index contributed by atoms with van der Waals surface area (Å²) in [5, 5.41) is 0. The molecular weight excluding hydrogens is 234 g/mol. The predicted octanol–water partition coefficient (Wildman–Crippen LogP) is 3.36. The van der Waals surface area contributed by atoms with Crippen LogP contribution in [0.4, 0.5) is 0 Å². The zero-order valence-electron chi connectivity index (χ0n) is 11.7. The number of rotatable bonds is 3. The predicted molar refractivity (Wildman–Crippen MR) is 77.4 cm³/mol. The van der Waals surface area contributed by atoms with Crippen LogP contribution in [0.1, 0.15) is 41.6 Å². The highest BCUT2D eigenvalue weighted by Gasteiger charge is 2.33. The van der Waals surface area contributed by atoms with E-state index in [0.717, 1.165) is 17.5 Å². The Bertz CT molecular complexity index is 532. The fourth-order valence-corrected chi connectivity index (χ4v) is 3.45. The number of benzene rings is 1. The number of carbonyl (C=O) groups excluding carboxylic acids is 1. The Morgan fingerprint density at radius 3 is 2.84 bits per heavy atom. The fraction of sp³-hybridized carbons (Fsp3) is 0.471.